The highest BCUT2D eigenvalue weighted by molar-refractivity contribution is 5.91. The fourth-order valence-corrected chi connectivity index (χ4v) is 2.53. The largest absolute Gasteiger partial charge is 0.369 e. The number of benzene rings is 1. The predicted molar refractivity (Wildman–Crippen MR) is 88.5 cm³/mol. The van der Waals surface area contributed by atoms with Gasteiger partial charge in [-0.15, -0.1) is 0 Å². The smallest absolute Gasteiger partial charge is 0.246 e. The summed E-state index contributed by atoms with van der Waals surface area (Å²) < 4.78 is 0. The number of hydrogen-bond acceptors (Lipinski definition) is 3. The number of rotatable bonds is 5. The van der Waals surface area contributed by atoms with Gasteiger partial charge >= 0.3 is 0 Å². The van der Waals surface area contributed by atoms with E-state index in [0.717, 1.165) is 44.8 Å². The number of piperazine rings is 1. The standard InChI is InChI=1S/C17H25N3O/c1-3-19(4-2)17(21)10-7-15-5-8-16(9-6-15)20-13-11-18-12-14-20/h5-10,18H,3-4,11-14H2,1-2H3. The zero-order valence-electron chi connectivity index (χ0n) is 13.0. The zero-order chi connectivity index (χ0) is 15.1. The number of carbonyl (C=O) groups excluding carboxylic acids is 1. The molecule has 1 aromatic carbocycles. The van der Waals surface area contributed by atoms with Crippen LogP contribution in [0.2, 0.25) is 0 Å². The van der Waals surface area contributed by atoms with Gasteiger partial charge in [0.2, 0.25) is 5.91 Å². The lowest BCUT2D eigenvalue weighted by molar-refractivity contribution is -0.125. The second-order valence-electron chi connectivity index (χ2n) is 5.17. The van der Waals surface area contributed by atoms with E-state index >= 15 is 0 Å². The van der Waals surface area contributed by atoms with Gasteiger partial charge in [-0.05, 0) is 37.6 Å². The van der Waals surface area contributed by atoms with Gasteiger partial charge in [0.05, 0.1) is 0 Å². The van der Waals surface area contributed by atoms with Crippen molar-refractivity contribution >= 4 is 17.7 Å². The summed E-state index contributed by atoms with van der Waals surface area (Å²) >= 11 is 0. The number of nitrogens with one attached hydrogen (secondary N) is 1. The van der Waals surface area contributed by atoms with Crippen molar-refractivity contribution in [3.63, 3.8) is 0 Å². The van der Waals surface area contributed by atoms with Crippen molar-refractivity contribution in [3.05, 3.63) is 35.9 Å². The summed E-state index contributed by atoms with van der Waals surface area (Å²) in [6.45, 7) is 9.68. The molecule has 1 saturated heterocycles. The highest BCUT2D eigenvalue weighted by atomic mass is 16.2. The van der Waals surface area contributed by atoms with E-state index in [1.807, 2.05) is 24.8 Å². The minimum atomic E-state index is 0.0752. The van der Waals surface area contributed by atoms with Gasteiger partial charge in [-0.3, -0.25) is 4.79 Å². The molecule has 1 aliphatic rings. The molecule has 114 valence electrons. The lowest BCUT2D eigenvalue weighted by atomic mass is 10.1. The van der Waals surface area contributed by atoms with Gasteiger partial charge in [0.25, 0.3) is 0 Å². The highest BCUT2D eigenvalue weighted by Gasteiger charge is 2.09. The third-order valence-electron chi connectivity index (χ3n) is 3.87. The lowest BCUT2D eigenvalue weighted by Gasteiger charge is -2.29. The van der Waals surface area contributed by atoms with Gasteiger partial charge in [-0.2, -0.15) is 0 Å². The third kappa shape index (κ3) is 4.33. The molecule has 0 atom stereocenters. The minimum absolute atomic E-state index is 0.0752. The molecule has 4 heteroatoms. The normalized spacial score (nSPS) is 15.4. The summed E-state index contributed by atoms with van der Waals surface area (Å²) in [6.07, 6.45) is 3.55. The Morgan fingerprint density at radius 1 is 1.19 bits per heavy atom. The van der Waals surface area contributed by atoms with Crippen LogP contribution in [0.3, 0.4) is 0 Å². The van der Waals surface area contributed by atoms with Crippen LogP contribution >= 0.6 is 0 Å². The van der Waals surface area contributed by atoms with Gasteiger partial charge < -0.3 is 15.1 Å². The van der Waals surface area contributed by atoms with E-state index in [1.165, 1.54) is 5.69 Å². The lowest BCUT2D eigenvalue weighted by Crippen LogP contribution is -2.43. The quantitative estimate of drug-likeness (QED) is 0.841. The highest BCUT2D eigenvalue weighted by Crippen LogP contribution is 2.16. The molecule has 0 aromatic heterocycles. The molecule has 1 fully saturated rings. The number of likely N-dealkylation sites (N-methyl/N-ethyl adjacent to an activating group) is 1. The Morgan fingerprint density at radius 3 is 2.38 bits per heavy atom. The van der Waals surface area contributed by atoms with Crippen molar-refractivity contribution < 1.29 is 4.79 Å². The molecule has 2 rings (SSSR count). The zero-order valence-corrected chi connectivity index (χ0v) is 13.0. The first-order chi connectivity index (χ1) is 10.2. The molecular formula is C17H25N3O. The summed E-state index contributed by atoms with van der Waals surface area (Å²) in [5.74, 6) is 0.0752. The van der Waals surface area contributed by atoms with Crippen LogP contribution in [0.5, 0.6) is 0 Å². The Morgan fingerprint density at radius 2 is 1.81 bits per heavy atom. The first-order valence-corrected chi connectivity index (χ1v) is 7.77. The number of anilines is 1. The molecule has 0 unspecified atom stereocenters. The molecule has 21 heavy (non-hydrogen) atoms. The van der Waals surface area contributed by atoms with Crippen molar-refractivity contribution in [1.82, 2.24) is 10.2 Å². The molecule has 1 aliphatic heterocycles. The summed E-state index contributed by atoms with van der Waals surface area (Å²) in [6, 6.07) is 8.41. The van der Waals surface area contributed by atoms with Crippen LogP contribution in [0.15, 0.2) is 30.3 Å². The van der Waals surface area contributed by atoms with E-state index < -0.39 is 0 Å². The molecule has 1 heterocycles. The molecule has 0 radical (unpaired) electrons. The summed E-state index contributed by atoms with van der Waals surface area (Å²) in [4.78, 5) is 16.1. The van der Waals surface area contributed by atoms with E-state index in [9.17, 15) is 4.79 Å². The molecule has 1 amide bonds. The van der Waals surface area contributed by atoms with Crippen LogP contribution in [0.25, 0.3) is 6.08 Å². The van der Waals surface area contributed by atoms with E-state index in [4.69, 9.17) is 0 Å². The summed E-state index contributed by atoms with van der Waals surface area (Å²) in [5.41, 5.74) is 2.32. The van der Waals surface area contributed by atoms with E-state index in [2.05, 4.69) is 34.5 Å². The summed E-state index contributed by atoms with van der Waals surface area (Å²) in [7, 11) is 0. The van der Waals surface area contributed by atoms with Crippen molar-refractivity contribution in [1.29, 1.82) is 0 Å². The Bertz CT molecular complexity index is 471. The SMILES string of the molecule is CCN(CC)C(=O)C=Cc1ccc(N2CCNCC2)cc1. The van der Waals surface area contributed by atoms with Gasteiger partial charge in [0.15, 0.2) is 0 Å². The number of carbonyl (C=O) groups is 1. The fourth-order valence-electron chi connectivity index (χ4n) is 2.53. The maximum atomic E-state index is 11.9. The average Bonchev–Trinajstić information content (AvgIpc) is 2.55. The van der Waals surface area contributed by atoms with Crippen molar-refractivity contribution in [2.45, 2.75) is 13.8 Å². The first kappa shape index (κ1) is 15.6. The van der Waals surface area contributed by atoms with Gasteiger partial charge in [-0.1, -0.05) is 12.1 Å². The van der Waals surface area contributed by atoms with Crippen LogP contribution in [-0.2, 0) is 4.79 Å². The molecule has 1 N–H and O–H groups in total. The number of nitrogens with zero attached hydrogens (tertiary/aromatic N) is 2. The van der Waals surface area contributed by atoms with Crippen LogP contribution in [0.1, 0.15) is 19.4 Å². The second-order valence-corrected chi connectivity index (χ2v) is 5.17. The van der Waals surface area contributed by atoms with Crippen LogP contribution in [-0.4, -0.2) is 50.1 Å². The maximum absolute atomic E-state index is 11.9. The second kappa shape index (κ2) is 7.84. The van der Waals surface area contributed by atoms with Crippen LogP contribution < -0.4 is 10.2 Å². The third-order valence-corrected chi connectivity index (χ3v) is 3.87. The Balaban J connectivity index is 1.97. The molecule has 0 saturated carbocycles. The Labute approximate surface area is 127 Å². The summed E-state index contributed by atoms with van der Waals surface area (Å²) in [5, 5.41) is 3.36. The van der Waals surface area contributed by atoms with Gasteiger partial charge in [0, 0.05) is 51.0 Å². The molecular weight excluding hydrogens is 262 g/mol. The van der Waals surface area contributed by atoms with Crippen molar-refractivity contribution in [2.75, 3.05) is 44.2 Å². The Hall–Kier alpha value is -1.81. The first-order valence-electron chi connectivity index (χ1n) is 7.77. The van der Waals surface area contributed by atoms with E-state index in [0.29, 0.717) is 0 Å². The minimum Gasteiger partial charge on any atom is -0.369 e. The predicted octanol–water partition coefficient (Wildman–Crippen LogP) is 1.98. The molecule has 0 aliphatic carbocycles. The molecule has 1 aromatic rings. The average molecular weight is 287 g/mol. The van der Waals surface area contributed by atoms with Gasteiger partial charge in [0.1, 0.15) is 0 Å². The number of amides is 1. The molecule has 4 nitrogen and oxygen atoms in total. The van der Waals surface area contributed by atoms with Crippen LogP contribution in [0, 0.1) is 0 Å². The number of hydrogen-bond donors (Lipinski definition) is 1. The Kier molecular flexibility index (Phi) is 5.81. The van der Waals surface area contributed by atoms with Crippen molar-refractivity contribution in [2.24, 2.45) is 0 Å². The van der Waals surface area contributed by atoms with E-state index in [1.54, 1.807) is 6.08 Å². The topological polar surface area (TPSA) is 35.6 Å². The fraction of sp³-hybridized carbons (Fsp3) is 0.471. The van der Waals surface area contributed by atoms with E-state index in [-0.39, 0.29) is 5.91 Å². The maximum Gasteiger partial charge on any atom is 0.246 e. The monoisotopic (exact) mass is 287 g/mol. The van der Waals surface area contributed by atoms with Crippen molar-refractivity contribution in [3.8, 4) is 0 Å². The van der Waals surface area contributed by atoms with Gasteiger partial charge in [-0.25, -0.2) is 0 Å². The molecule has 0 spiro atoms. The molecule has 0 bridgehead atoms. The van der Waals surface area contributed by atoms with Crippen LogP contribution in [0.4, 0.5) is 5.69 Å².